The maximum Gasteiger partial charge on any atom is 0.123 e. The highest BCUT2D eigenvalue weighted by Crippen LogP contribution is 2.14. The van der Waals surface area contributed by atoms with E-state index in [1.165, 1.54) is 12.1 Å². The van der Waals surface area contributed by atoms with E-state index in [0.29, 0.717) is 13.2 Å². The number of ether oxygens (including phenoxy) is 1. The van der Waals surface area contributed by atoms with Gasteiger partial charge in [-0.25, -0.2) is 4.39 Å². The number of halogens is 1. The maximum absolute atomic E-state index is 12.8. The molecule has 0 saturated carbocycles. The van der Waals surface area contributed by atoms with Crippen LogP contribution in [0.15, 0.2) is 48.5 Å². The summed E-state index contributed by atoms with van der Waals surface area (Å²) in [6.45, 7) is 1.86. The lowest BCUT2D eigenvalue weighted by Gasteiger charge is -2.08. The molecule has 20 heavy (non-hydrogen) atoms. The van der Waals surface area contributed by atoms with Gasteiger partial charge >= 0.3 is 0 Å². The molecule has 0 heterocycles. The first-order chi connectivity index (χ1) is 9.78. The minimum absolute atomic E-state index is 0.138. The Hall–Kier alpha value is -1.91. The Morgan fingerprint density at radius 3 is 2.25 bits per heavy atom. The smallest absolute Gasteiger partial charge is 0.123 e. The lowest BCUT2D eigenvalue weighted by Crippen LogP contribution is -2.17. The lowest BCUT2D eigenvalue weighted by atomic mass is 10.2. The molecule has 0 radical (unpaired) electrons. The molecule has 0 amide bonds. The van der Waals surface area contributed by atoms with Crippen molar-refractivity contribution in [3.63, 3.8) is 0 Å². The van der Waals surface area contributed by atoms with Crippen LogP contribution in [0.5, 0.6) is 5.75 Å². The zero-order valence-electron chi connectivity index (χ0n) is 11.2. The summed E-state index contributed by atoms with van der Waals surface area (Å²) in [6, 6.07) is 14.0. The first-order valence-corrected chi connectivity index (χ1v) is 6.55. The minimum Gasteiger partial charge on any atom is -0.489 e. The SMILES string of the molecule is OCCNCc1ccc(OCc2ccc(F)cc2)cc1. The highest BCUT2D eigenvalue weighted by molar-refractivity contribution is 5.27. The van der Waals surface area contributed by atoms with Crippen LogP contribution < -0.4 is 10.1 Å². The Labute approximate surface area is 118 Å². The Morgan fingerprint density at radius 2 is 1.60 bits per heavy atom. The molecule has 0 spiro atoms. The van der Waals surface area contributed by atoms with Gasteiger partial charge in [0.25, 0.3) is 0 Å². The first kappa shape index (κ1) is 14.5. The summed E-state index contributed by atoms with van der Waals surface area (Å²) in [7, 11) is 0. The highest BCUT2D eigenvalue weighted by atomic mass is 19.1. The van der Waals surface area contributed by atoms with Crippen molar-refractivity contribution < 1.29 is 14.2 Å². The maximum atomic E-state index is 12.8. The van der Waals surface area contributed by atoms with E-state index in [-0.39, 0.29) is 12.4 Å². The third kappa shape index (κ3) is 4.64. The van der Waals surface area contributed by atoms with Crippen molar-refractivity contribution in [1.29, 1.82) is 0 Å². The lowest BCUT2D eigenvalue weighted by molar-refractivity contribution is 0.292. The van der Waals surface area contributed by atoms with E-state index in [4.69, 9.17) is 9.84 Å². The van der Waals surface area contributed by atoms with Crippen LogP contribution in [0.1, 0.15) is 11.1 Å². The molecule has 0 bridgehead atoms. The zero-order valence-corrected chi connectivity index (χ0v) is 11.2. The highest BCUT2D eigenvalue weighted by Gasteiger charge is 1.98. The largest absolute Gasteiger partial charge is 0.489 e. The van der Waals surface area contributed by atoms with E-state index in [1.807, 2.05) is 24.3 Å². The summed E-state index contributed by atoms with van der Waals surface area (Å²) in [5, 5.41) is 11.8. The van der Waals surface area contributed by atoms with E-state index in [1.54, 1.807) is 12.1 Å². The first-order valence-electron chi connectivity index (χ1n) is 6.55. The Balaban J connectivity index is 1.82. The predicted octanol–water partition coefficient (Wildman–Crippen LogP) is 2.49. The molecule has 4 heteroatoms. The monoisotopic (exact) mass is 275 g/mol. The van der Waals surface area contributed by atoms with Crippen LogP contribution in [0, 0.1) is 5.82 Å². The Kier molecular flexibility index (Phi) is 5.53. The van der Waals surface area contributed by atoms with Gasteiger partial charge in [-0.15, -0.1) is 0 Å². The van der Waals surface area contributed by atoms with Gasteiger partial charge in [0.2, 0.25) is 0 Å². The van der Waals surface area contributed by atoms with Crippen molar-refractivity contribution in [2.24, 2.45) is 0 Å². The van der Waals surface area contributed by atoms with Crippen molar-refractivity contribution in [3.05, 3.63) is 65.5 Å². The number of hydrogen-bond donors (Lipinski definition) is 2. The molecule has 2 aromatic rings. The second kappa shape index (κ2) is 7.62. The van der Waals surface area contributed by atoms with E-state index >= 15 is 0 Å². The molecule has 0 unspecified atom stereocenters. The molecule has 2 N–H and O–H groups in total. The molecule has 106 valence electrons. The van der Waals surface area contributed by atoms with Gasteiger partial charge in [0.05, 0.1) is 6.61 Å². The van der Waals surface area contributed by atoms with Crippen LogP contribution in [0.4, 0.5) is 4.39 Å². The summed E-state index contributed by atoms with van der Waals surface area (Å²) in [4.78, 5) is 0. The molecular formula is C16H18FNO2. The molecule has 0 saturated heterocycles. The van der Waals surface area contributed by atoms with Gasteiger partial charge in [0.1, 0.15) is 18.2 Å². The minimum atomic E-state index is -0.242. The molecule has 0 aliphatic rings. The van der Waals surface area contributed by atoms with Crippen molar-refractivity contribution >= 4 is 0 Å². The molecular weight excluding hydrogens is 257 g/mol. The molecule has 2 aromatic carbocycles. The summed E-state index contributed by atoms with van der Waals surface area (Å²) in [5.74, 6) is 0.536. The van der Waals surface area contributed by atoms with Crippen molar-refractivity contribution in [2.75, 3.05) is 13.2 Å². The van der Waals surface area contributed by atoms with Crippen LogP contribution in [-0.4, -0.2) is 18.3 Å². The van der Waals surface area contributed by atoms with Crippen LogP contribution in [-0.2, 0) is 13.2 Å². The molecule has 0 atom stereocenters. The summed E-state index contributed by atoms with van der Waals surface area (Å²) in [6.07, 6.45) is 0. The summed E-state index contributed by atoms with van der Waals surface area (Å²) in [5.41, 5.74) is 2.06. The van der Waals surface area contributed by atoms with Gasteiger partial charge in [-0.1, -0.05) is 24.3 Å². The fraction of sp³-hybridized carbons (Fsp3) is 0.250. The van der Waals surface area contributed by atoms with E-state index < -0.39 is 0 Å². The van der Waals surface area contributed by atoms with Gasteiger partial charge < -0.3 is 15.2 Å². The number of hydrogen-bond acceptors (Lipinski definition) is 3. The van der Waals surface area contributed by atoms with Crippen LogP contribution in [0.25, 0.3) is 0 Å². The van der Waals surface area contributed by atoms with Crippen molar-refractivity contribution in [2.45, 2.75) is 13.2 Å². The predicted molar refractivity (Wildman–Crippen MR) is 76.0 cm³/mol. The van der Waals surface area contributed by atoms with Crippen molar-refractivity contribution in [1.82, 2.24) is 5.32 Å². The Morgan fingerprint density at radius 1 is 0.950 bits per heavy atom. The molecule has 2 rings (SSSR count). The summed E-state index contributed by atoms with van der Waals surface area (Å²) < 4.78 is 18.4. The second-order valence-corrected chi connectivity index (χ2v) is 4.46. The van der Waals surface area contributed by atoms with Crippen LogP contribution >= 0.6 is 0 Å². The number of benzene rings is 2. The summed E-state index contributed by atoms with van der Waals surface area (Å²) >= 11 is 0. The van der Waals surface area contributed by atoms with Crippen LogP contribution in [0.3, 0.4) is 0 Å². The third-order valence-electron chi connectivity index (χ3n) is 2.86. The molecule has 0 aliphatic carbocycles. The standard InChI is InChI=1S/C16H18FNO2/c17-15-5-1-14(2-6-15)12-20-16-7-3-13(4-8-16)11-18-9-10-19/h1-8,18-19H,9-12H2. The fourth-order valence-corrected chi connectivity index (χ4v) is 1.76. The van der Waals surface area contributed by atoms with Gasteiger partial charge in [-0.2, -0.15) is 0 Å². The average Bonchev–Trinajstić information content (AvgIpc) is 2.48. The van der Waals surface area contributed by atoms with E-state index in [0.717, 1.165) is 23.4 Å². The quantitative estimate of drug-likeness (QED) is 0.763. The van der Waals surface area contributed by atoms with Crippen LogP contribution in [0.2, 0.25) is 0 Å². The fourth-order valence-electron chi connectivity index (χ4n) is 1.76. The van der Waals surface area contributed by atoms with Gasteiger partial charge in [0.15, 0.2) is 0 Å². The van der Waals surface area contributed by atoms with Crippen molar-refractivity contribution in [3.8, 4) is 5.75 Å². The number of nitrogens with one attached hydrogen (secondary N) is 1. The second-order valence-electron chi connectivity index (χ2n) is 4.46. The number of aliphatic hydroxyl groups is 1. The van der Waals surface area contributed by atoms with E-state index in [2.05, 4.69) is 5.32 Å². The molecule has 0 aromatic heterocycles. The molecule has 0 aliphatic heterocycles. The number of rotatable bonds is 7. The van der Waals surface area contributed by atoms with Gasteiger partial charge in [-0.3, -0.25) is 0 Å². The molecule has 0 fully saturated rings. The zero-order chi connectivity index (χ0) is 14.2. The third-order valence-corrected chi connectivity index (χ3v) is 2.86. The van der Waals surface area contributed by atoms with E-state index in [9.17, 15) is 4.39 Å². The normalized spacial score (nSPS) is 10.5. The van der Waals surface area contributed by atoms with Gasteiger partial charge in [-0.05, 0) is 35.4 Å². The average molecular weight is 275 g/mol. The Bertz CT molecular complexity index is 511. The topological polar surface area (TPSA) is 41.5 Å². The molecule has 3 nitrogen and oxygen atoms in total. The number of aliphatic hydroxyl groups excluding tert-OH is 1. The van der Waals surface area contributed by atoms with Gasteiger partial charge in [0, 0.05) is 13.1 Å².